The molecule has 0 aliphatic carbocycles. The minimum Gasteiger partial charge on any atom is -0.508 e. The molecule has 1 aromatic rings. The third-order valence-corrected chi connectivity index (χ3v) is 3.66. The van der Waals surface area contributed by atoms with Gasteiger partial charge in [-0.3, -0.25) is 9.59 Å². The number of aromatic hydroxyl groups is 1. The molecule has 5 atom stereocenters. The molecule has 24 heavy (non-hydrogen) atoms. The molecule has 1 aliphatic rings. The van der Waals surface area contributed by atoms with Crippen LogP contribution in [0.5, 0.6) is 5.75 Å². The first kappa shape index (κ1) is 18.2. The van der Waals surface area contributed by atoms with Gasteiger partial charge in [0.15, 0.2) is 6.10 Å². The van der Waals surface area contributed by atoms with Crippen LogP contribution < -0.4 is 0 Å². The van der Waals surface area contributed by atoms with E-state index in [1.807, 2.05) is 0 Å². The van der Waals surface area contributed by atoms with Gasteiger partial charge in [0.2, 0.25) is 0 Å². The molecule has 1 heterocycles. The van der Waals surface area contributed by atoms with Gasteiger partial charge in [-0.2, -0.15) is 0 Å². The molecular weight excluding hydrogens is 320 g/mol. The molecule has 8 heteroatoms. The smallest absolute Gasteiger partial charge is 0.303 e. The maximum Gasteiger partial charge on any atom is 0.303 e. The summed E-state index contributed by atoms with van der Waals surface area (Å²) < 4.78 is 15.6. The van der Waals surface area contributed by atoms with Crippen LogP contribution in [-0.2, 0) is 23.8 Å². The van der Waals surface area contributed by atoms with Gasteiger partial charge in [0.05, 0.1) is 0 Å². The van der Waals surface area contributed by atoms with Crippen LogP contribution in [-0.4, -0.2) is 58.3 Å². The highest BCUT2D eigenvalue weighted by atomic mass is 16.6. The van der Waals surface area contributed by atoms with E-state index in [1.165, 1.54) is 31.2 Å². The number of ether oxygens (including phenoxy) is 3. The van der Waals surface area contributed by atoms with E-state index in [0.29, 0.717) is 5.56 Å². The summed E-state index contributed by atoms with van der Waals surface area (Å²) in [5.74, 6) is -1.17. The van der Waals surface area contributed by atoms with Crippen LogP contribution in [0, 0.1) is 0 Å². The fourth-order valence-electron chi connectivity index (χ4n) is 2.55. The molecular formula is C16H20O8. The lowest BCUT2D eigenvalue weighted by Gasteiger charge is -2.42. The Morgan fingerprint density at radius 1 is 1.08 bits per heavy atom. The van der Waals surface area contributed by atoms with Crippen molar-refractivity contribution in [3.05, 3.63) is 29.8 Å². The molecule has 1 saturated heterocycles. The highest BCUT2D eigenvalue weighted by molar-refractivity contribution is 5.66. The van der Waals surface area contributed by atoms with Crippen molar-refractivity contribution in [1.82, 2.24) is 0 Å². The van der Waals surface area contributed by atoms with Crippen molar-refractivity contribution in [2.24, 2.45) is 0 Å². The molecule has 2 rings (SSSR count). The number of aliphatic hydroxyl groups excluding tert-OH is 2. The zero-order valence-corrected chi connectivity index (χ0v) is 13.3. The summed E-state index contributed by atoms with van der Waals surface area (Å²) in [7, 11) is 0. The topological polar surface area (TPSA) is 123 Å². The number of carbonyl (C=O) groups is 2. The van der Waals surface area contributed by atoms with Crippen molar-refractivity contribution in [3.63, 3.8) is 0 Å². The summed E-state index contributed by atoms with van der Waals surface area (Å²) in [4.78, 5) is 22.3. The average molecular weight is 340 g/mol. The van der Waals surface area contributed by atoms with Gasteiger partial charge < -0.3 is 29.5 Å². The van der Waals surface area contributed by atoms with E-state index in [1.54, 1.807) is 0 Å². The van der Waals surface area contributed by atoms with Crippen LogP contribution in [0.25, 0.3) is 0 Å². The molecule has 0 spiro atoms. The lowest BCUT2D eigenvalue weighted by Crippen LogP contribution is -2.57. The van der Waals surface area contributed by atoms with Gasteiger partial charge in [-0.05, 0) is 17.7 Å². The Kier molecular flexibility index (Phi) is 5.76. The van der Waals surface area contributed by atoms with Crippen molar-refractivity contribution in [2.45, 2.75) is 44.4 Å². The Labute approximate surface area is 138 Å². The van der Waals surface area contributed by atoms with E-state index in [2.05, 4.69) is 0 Å². The van der Waals surface area contributed by atoms with Crippen molar-refractivity contribution >= 4 is 11.9 Å². The second kappa shape index (κ2) is 7.61. The maximum absolute atomic E-state index is 11.2. The highest BCUT2D eigenvalue weighted by Gasteiger charge is 2.47. The molecule has 0 saturated carbocycles. The maximum atomic E-state index is 11.2. The van der Waals surface area contributed by atoms with Crippen molar-refractivity contribution in [3.8, 4) is 5.75 Å². The lowest BCUT2D eigenvalue weighted by molar-refractivity contribution is -0.242. The number of hydrogen-bond acceptors (Lipinski definition) is 8. The third-order valence-electron chi connectivity index (χ3n) is 3.66. The van der Waals surface area contributed by atoms with E-state index in [4.69, 9.17) is 14.2 Å². The van der Waals surface area contributed by atoms with Crippen LogP contribution in [0.3, 0.4) is 0 Å². The molecule has 0 unspecified atom stereocenters. The predicted molar refractivity (Wildman–Crippen MR) is 79.9 cm³/mol. The number of rotatable bonds is 4. The van der Waals surface area contributed by atoms with Gasteiger partial charge in [-0.25, -0.2) is 0 Å². The van der Waals surface area contributed by atoms with Gasteiger partial charge in [0.25, 0.3) is 0 Å². The molecule has 3 N–H and O–H groups in total. The summed E-state index contributed by atoms with van der Waals surface area (Å²) in [6, 6.07) is 5.89. The second-order valence-electron chi connectivity index (χ2n) is 5.54. The van der Waals surface area contributed by atoms with E-state index >= 15 is 0 Å². The Bertz CT molecular complexity index is 584. The van der Waals surface area contributed by atoms with Crippen molar-refractivity contribution in [2.75, 3.05) is 6.61 Å². The average Bonchev–Trinajstić information content (AvgIpc) is 2.52. The molecule has 1 aromatic carbocycles. The summed E-state index contributed by atoms with van der Waals surface area (Å²) in [5, 5.41) is 30.0. The number of carbonyl (C=O) groups excluding carboxylic acids is 2. The Hall–Kier alpha value is -2.16. The number of benzene rings is 1. The van der Waals surface area contributed by atoms with Crippen LogP contribution in [0.2, 0.25) is 0 Å². The normalized spacial score (nSPS) is 29.8. The number of hydrogen-bond donors (Lipinski definition) is 3. The van der Waals surface area contributed by atoms with E-state index in [0.717, 1.165) is 6.92 Å². The summed E-state index contributed by atoms with van der Waals surface area (Å²) >= 11 is 0. The molecule has 8 nitrogen and oxygen atoms in total. The van der Waals surface area contributed by atoms with Gasteiger partial charge >= 0.3 is 11.9 Å². The van der Waals surface area contributed by atoms with Crippen molar-refractivity contribution in [1.29, 1.82) is 0 Å². The van der Waals surface area contributed by atoms with E-state index in [9.17, 15) is 24.9 Å². The largest absolute Gasteiger partial charge is 0.508 e. The van der Waals surface area contributed by atoms with E-state index in [-0.39, 0.29) is 12.4 Å². The molecule has 0 bridgehead atoms. The van der Waals surface area contributed by atoms with Gasteiger partial charge in [-0.1, -0.05) is 12.1 Å². The highest BCUT2D eigenvalue weighted by Crippen LogP contribution is 2.34. The van der Waals surface area contributed by atoms with Crippen LogP contribution in [0.1, 0.15) is 25.5 Å². The van der Waals surface area contributed by atoms with Crippen LogP contribution in [0.4, 0.5) is 0 Å². The number of esters is 2. The first-order valence-electron chi connectivity index (χ1n) is 7.40. The minimum absolute atomic E-state index is 0.0406. The minimum atomic E-state index is -1.43. The monoisotopic (exact) mass is 340 g/mol. The molecule has 1 fully saturated rings. The fourth-order valence-corrected chi connectivity index (χ4v) is 2.55. The Balaban J connectivity index is 2.24. The Morgan fingerprint density at radius 2 is 1.71 bits per heavy atom. The van der Waals surface area contributed by atoms with Gasteiger partial charge in [0, 0.05) is 13.8 Å². The number of phenols is 1. The fraction of sp³-hybridized carbons (Fsp3) is 0.500. The lowest BCUT2D eigenvalue weighted by atomic mass is 9.91. The molecule has 132 valence electrons. The standard InChI is InChI=1S/C16H20O8/c1-8(17)22-7-12-16(23-9(2)18)14(21)13(20)15(24-12)10-3-5-11(19)6-4-10/h3-6,12-16,19-21H,7H2,1-2H3/t12-,13+,14-,15-,16+/m1/s1. The summed E-state index contributed by atoms with van der Waals surface area (Å²) in [6.07, 6.45) is -5.86. The first-order valence-corrected chi connectivity index (χ1v) is 7.40. The zero-order chi connectivity index (χ0) is 17.9. The summed E-state index contributed by atoms with van der Waals surface area (Å²) in [6.45, 7) is 2.13. The zero-order valence-electron chi connectivity index (χ0n) is 13.3. The van der Waals surface area contributed by atoms with Crippen LogP contribution in [0.15, 0.2) is 24.3 Å². The van der Waals surface area contributed by atoms with E-state index < -0.39 is 42.5 Å². The van der Waals surface area contributed by atoms with Crippen molar-refractivity contribution < 1.29 is 39.1 Å². The molecule has 1 aliphatic heterocycles. The number of phenolic OH excluding ortho intramolecular Hbond substituents is 1. The summed E-state index contributed by atoms with van der Waals surface area (Å²) in [5.41, 5.74) is 0.508. The molecule has 0 radical (unpaired) electrons. The SMILES string of the molecule is CC(=O)OC[C@H]1O[C@H](c2ccc(O)cc2)[C@@H](O)[C@@H](O)[C@H]1OC(C)=O. The molecule has 0 aromatic heterocycles. The Morgan fingerprint density at radius 3 is 2.25 bits per heavy atom. The van der Waals surface area contributed by atoms with Gasteiger partial charge in [-0.15, -0.1) is 0 Å². The number of aliphatic hydroxyl groups is 2. The predicted octanol–water partition coefficient (Wildman–Crippen LogP) is 0.0487. The molecule has 0 amide bonds. The quantitative estimate of drug-likeness (QED) is 0.657. The first-order chi connectivity index (χ1) is 11.3. The van der Waals surface area contributed by atoms with Gasteiger partial charge in [0.1, 0.15) is 36.8 Å². The van der Waals surface area contributed by atoms with Crippen LogP contribution >= 0.6 is 0 Å². The third kappa shape index (κ3) is 4.22. The second-order valence-corrected chi connectivity index (χ2v) is 5.54.